The summed E-state index contributed by atoms with van der Waals surface area (Å²) in [6, 6.07) is 34.8. The first-order valence-corrected chi connectivity index (χ1v) is 30.0. The average molecular weight is 868 g/mol. The van der Waals surface area contributed by atoms with Crippen molar-refractivity contribution in [2.24, 2.45) is 0 Å². The number of hydrogen-bond acceptors (Lipinski definition) is 0. The normalized spacial score (nSPS) is 15.1. The van der Waals surface area contributed by atoms with Gasteiger partial charge in [0.1, 0.15) is 0 Å². The van der Waals surface area contributed by atoms with Gasteiger partial charge in [0, 0.05) is 0 Å². The molecular weight excluding hydrogens is 822 g/mol. The molecule has 8 rings (SSSR count). The van der Waals surface area contributed by atoms with Gasteiger partial charge in [0.15, 0.2) is 0 Å². The third kappa shape index (κ3) is 5.82. The van der Waals surface area contributed by atoms with Crippen LogP contribution >= 0.6 is 40.2 Å². The first-order valence-electron chi connectivity index (χ1n) is 18.9. The molecule has 0 amide bonds. The molecule has 0 nitrogen and oxygen atoms in total. The van der Waals surface area contributed by atoms with Crippen LogP contribution in [0.3, 0.4) is 0 Å². The van der Waals surface area contributed by atoms with Crippen LogP contribution in [0.15, 0.2) is 121 Å². The molecule has 54 heavy (non-hydrogen) atoms. The molecule has 0 bridgehead atoms. The summed E-state index contributed by atoms with van der Waals surface area (Å²) in [6.45, 7) is 18.3. The van der Waals surface area contributed by atoms with Crippen LogP contribution in [0.5, 0.6) is 0 Å². The predicted molar refractivity (Wildman–Crippen MR) is 235 cm³/mol. The quantitative estimate of drug-likeness (QED) is 0.166. The Hall–Kier alpha value is -2.77. The average Bonchev–Trinajstić information content (AvgIpc) is 3.77. The monoisotopic (exact) mass is 864 g/mol. The van der Waals surface area contributed by atoms with Crippen molar-refractivity contribution in [3.05, 3.63) is 176 Å². The standard InChI is InChI=1S/C23H29.C21H12Cl2.C5H5.2ClH.Zr/c1-14-9-16-11-17-10-15(2)21(23(6,7)8)13-19(17)18(16)12-20(14)22(3,4)5;22-20-11-9-14(16-5-1-3-7-18(16)20)13-15-10-12-21(23)19-8-4-2-6-17(15)19;1-2-4-5-3-1;;;/h9-13H,1-8H3;1-12H;1-5H;2*1H;/q;;;;;+2/p-2. The number of benzene rings is 6. The van der Waals surface area contributed by atoms with Gasteiger partial charge in [0.2, 0.25) is 0 Å². The number of hydrogen-bond donors (Lipinski definition) is 0. The summed E-state index contributed by atoms with van der Waals surface area (Å²) in [5.41, 5.74) is 12.1. The van der Waals surface area contributed by atoms with Crippen LogP contribution in [0.2, 0.25) is 13.7 Å². The number of aryl methyl sites for hydroxylation is 2. The third-order valence-corrected chi connectivity index (χ3v) is 32.2. The van der Waals surface area contributed by atoms with E-state index in [1.165, 1.54) is 44.5 Å². The fourth-order valence-electron chi connectivity index (χ4n) is 9.67. The maximum absolute atomic E-state index is 9.11. The second-order valence-corrected chi connectivity index (χ2v) is 39.1. The zero-order valence-electron chi connectivity index (χ0n) is 32.2. The summed E-state index contributed by atoms with van der Waals surface area (Å²) in [4.78, 5) is 0. The summed E-state index contributed by atoms with van der Waals surface area (Å²) in [5.74, 6) is 0. The molecule has 0 heterocycles. The van der Waals surface area contributed by atoms with Crippen LogP contribution < -0.4 is 0 Å². The van der Waals surface area contributed by atoms with Gasteiger partial charge in [-0.15, -0.1) is 0 Å². The van der Waals surface area contributed by atoms with Gasteiger partial charge in [-0.3, -0.25) is 0 Å². The Morgan fingerprint density at radius 1 is 0.537 bits per heavy atom. The van der Waals surface area contributed by atoms with Crippen molar-refractivity contribution < 1.29 is 15.9 Å². The molecule has 0 spiro atoms. The van der Waals surface area contributed by atoms with Gasteiger partial charge in [0.05, 0.1) is 0 Å². The van der Waals surface area contributed by atoms with Gasteiger partial charge in [-0.2, -0.15) is 0 Å². The van der Waals surface area contributed by atoms with Gasteiger partial charge in [-0.25, -0.2) is 0 Å². The molecule has 0 aliphatic heterocycles. The van der Waals surface area contributed by atoms with Gasteiger partial charge >= 0.3 is 341 Å². The molecule has 0 saturated heterocycles. The van der Waals surface area contributed by atoms with Crippen LogP contribution in [0.25, 0.3) is 32.7 Å². The molecule has 5 heteroatoms. The molecule has 2 aliphatic carbocycles. The summed E-state index contributed by atoms with van der Waals surface area (Å²) in [6.07, 6.45) is 8.76. The van der Waals surface area contributed by atoms with Crippen molar-refractivity contribution >= 4 is 65.0 Å². The van der Waals surface area contributed by atoms with E-state index < -0.39 is 15.9 Å². The van der Waals surface area contributed by atoms with Gasteiger partial charge < -0.3 is 0 Å². The summed E-state index contributed by atoms with van der Waals surface area (Å²) >= 11 is 8.16. The molecular formula is C49H46Cl4Zr. The molecule has 2 aliphatic rings. The summed E-state index contributed by atoms with van der Waals surface area (Å²) in [5, 5.41) is 5.40. The van der Waals surface area contributed by atoms with Crippen molar-refractivity contribution in [3.63, 3.8) is 0 Å². The number of halogens is 4. The Balaban J connectivity index is 1.66. The van der Waals surface area contributed by atoms with Gasteiger partial charge in [-0.1, -0.05) is 0 Å². The van der Waals surface area contributed by atoms with Crippen LogP contribution in [-0.4, -0.2) is 3.21 Å². The SMILES string of the molecule is Cc1cc2c(cc1C(C)(C)C)-c1cc(C(C)(C)C)c(C)cc1[CH]2[Zr]([Cl])([Cl])(=[C](c1ccc(Cl)c2ccccc12)c1ccc(Cl)c2ccccc12)[CH]1C=CC=C1. The van der Waals surface area contributed by atoms with E-state index in [-0.39, 0.29) is 18.1 Å². The Morgan fingerprint density at radius 3 is 1.31 bits per heavy atom. The first-order chi connectivity index (χ1) is 25.4. The van der Waals surface area contributed by atoms with E-state index in [1.807, 2.05) is 24.3 Å². The van der Waals surface area contributed by atoms with Crippen molar-refractivity contribution in [1.29, 1.82) is 0 Å². The van der Waals surface area contributed by atoms with E-state index in [0.29, 0.717) is 10.0 Å². The van der Waals surface area contributed by atoms with E-state index in [0.717, 1.165) is 35.9 Å². The zero-order valence-corrected chi connectivity index (χ0v) is 37.7. The molecule has 0 atom stereocenters. The molecule has 0 unspecified atom stereocenters. The second kappa shape index (κ2) is 13.1. The molecule has 0 fully saturated rings. The minimum absolute atomic E-state index is 0.0481. The van der Waals surface area contributed by atoms with Crippen molar-refractivity contribution in [1.82, 2.24) is 0 Å². The van der Waals surface area contributed by atoms with Crippen molar-refractivity contribution in [2.75, 3.05) is 0 Å². The maximum atomic E-state index is 9.11. The van der Waals surface area contributed by atoms with E-state index in [2.05, 4.69) is 152 Å². The predicted octanol–water partition coefficient (Wildman–Crippen LogP) is 15.8. The molecule has 6 aromatic carbocycles. The number of fused-ring (bicyclic) bond motifs is 5. The number of allylic oxidation sites excluding steroid dienone is 4. The van der Waals surface area contributed by atoms with Gasteiger partial charge in [0.25, 0.3) is 0 Å². The Kier molecular flexibility index (Phi) is 9.28. The van der Waals surface area contributed by atoms with Crippen molar-refractivity contribution in [3.8, 4) is 11.1 Å². The molecule has 0 N–H and O–H groups in total. The van der Waals surface area contributed by atoms with Crippen LogP contribution in [0, 0.1) is 13.8 Å². The van der Waals surface area contributed by atoms with E-state index in [4.69, 9.17) is 40.2 Å². The van der Waals surface area contributed by atoms with E-state index >= 15 is 0 Å². The van der Waals surface area contributed by atoms with Crippen LogP contribution in [-0.2, 0) is 26.7 Å². The molecule has 0 aromatic heterocycles. The molecule has 0 radical (unpaired) electrons. The molecule has 6 aromatic rings. The first kappa shape index (κ1) is 38.1. The second-order valence-electron chi connectivity index (χ2n) is 17.5. The Labute approximate surface area is 338 Å². The van der Waals surface area contributed by atoms with Gasteiger partial charge in [-0.05, 0) is 0 Å². The summed E-state index contributed by atoms with van der Waals surface area (Å²) in [7, 11) is 18.2. The van der Waals surface area contributed by atoms with E-state index in [9.17, 15) is 0 Å². The third-order valence-electron chi connectivity index (χ3n) is 12.0. The Bertz CT molecular complexity index is 2520. The topological polar surface area (TPSA) is 0 Å². The molecule has 274 valence electrons. The number of rotatable bonds is 4. The summed E-state index contributed by atoms with van der Waals surface area (Å²) < 4.78 is 0.555. The van der Waals surface area contributed by atoms with Crippen LogP contribution in [0.1, 0.15) is 89.7 Å². The fourth-order valence-corrected chi connectivity index (χ4v) is 29.4. The zero-order chi connectivity index (χ0) is 38.6. The van der Waals surface area contributed by atoms with Crippen molar-refractivity contribution in [2.45, 2.75) is 73.5 Å². The fraction of sp³-hybridized carbons (Fsp3) is 0.245. The minimum atomic E-state index is -5.79. The Morgan fingerprint density at radius 2 is 0.926 bits per heavy atom. The van der Waals surface area contributed by atoms with Crippen LogP contribution in [0.4, 0.5) is 0 Å². The van der Waals surface area contributed by atoms with E-state index in [1.54, 1.807) is 0 Å². The molecule has 0 saturated carbocycles.